The van der Waals surface area contributed by atoms with Crippen molar-refractivity contribution in [1.82, 2.24) is 10.2 Å². The number of anilines is 1. The molecule has 0 aliphatic heterocycles. The molecule has 0 saturated heterocycles. The van der Waals surface area contributed by atoms with Gasteiger partial charge in [-0.2, -0.15) is 5.10 Å². The Morgan fingerprint density at radius 2 is 2.19 bits per heavy atom. The van der Waals surface area contributed by atoms with Gasteiger partial charge in [-0.3, -0.25) is 15.2 Å². The molecule has 0 radical (unpaired) electrons. The lowest BCUT2D eigenvalue weighted by Crippen LogP contribution is -2.00. The molecular formula is C14H11BrN4O2. The summed E-state index contributed by atoms with van der Waals surface area (Å²) in [5.74, 6) is 0. The summed E-state index contributed by atoms with van der Waals surface area (Å²) < 4.78 is 0.931. The molecule has 7 heteroatoms. The minimum absolute atomic E-state index is 0.0944. The molecule has 0 unspecified atom stereocenters. The van der Waals surface area contributed by atoms with Crippen molar-refractivity contribution in [2.75, 3.05) is 5.32 Å². The monoisotopic (exact) mass is 346 g/mol. The van der Waals surface area contributed by atoms with Gasteiger partial charge >= 0.3 is 0 Å². The van der Waals surface area contributed by atoms with E-state index in [1.165, 1.54) is 6.07 Å². The molecule has 2 N–H and O–H groups in total. The summed E-state index contributed by atoms with van der Waals surface area (Å²) >= 11 is 3.45. The fraction of sp³-hybridized carbons (Fsp3) is 0.0714. The van der Waals surface area contributed by atoms with E-state index >= 15 is 0 Å². The summed E-state index contributed by atoms with van der Waals surface area (Å²) in [6.07, 6.45) is 1.75. The largest absolute Gasteiger partial charge is 0.380 e. The van der Waals surface area contributed by atoms with Crippen molar-refractivity contribution in [3.8, 4) is 0 Å². The molecule has 0 saturated carbocycles. The van der Waals surface area contributed by atoms with Crippen LogP contribution >= 0.6 is 15.9 Å². The molecule has 3 aromatic rings. The van der Waals surface area contributed by atoms with Crippen LogP contribution in [0.4, 0.5) is 11.4 Å². The second-order valence-electron chi connectivity index (χ2n) is 4.57. The highest BCUT2D eigenvalue weighted by Crippen LogP contribution is 2.27. The van der Waals surface area contributed by atoms with Crippen LogP contribution < -0.4 is 5.32 Å². The Morgan fingerprint density at radius 1 is 1.33 bits per heavy atom. The standard InChI is InChI=1S/C14H11BrN4O2/c15-10-5-13(12-8-17-18-14(12)6-10)16-7-9-2-1-3-11(4-9)19(20)21/h1-6,8,16H,7H2,(H,17,18). The first-order chi connectivity index (χ1) is 10.1. The van der Waals surface area contributed by atoms with E-state index in [0.29, 0.717) is 6.54 Å². The number of nitro groups is 1. The first-order valence-electron chi connectivity index (χ1n) is 6.23. The van der Waals surface area contributed by atoms with Crippen molar-refractivity contribution < 1.29 is 4.92 Å². The Hall–Kier alpha value is -2.41. The number of halogens is 1. The van der Waals surface area contributed by atoms with Crippen LogP contribution in [0.2, 0.25) is 0 Å². The number of nitrogens with zero attached hydrogens (tertiary/aromatic N) is 2. The van der Waals surface area contributed by atoms with E-state index in [1.807, 2.05) is 18.2 Å². The summed E-state index contributed by atoms with van der Waals surface area (Å²) in [4.78, 5) is 10.4. The zero-order valence-corrected chi connectivity index (χ0v) is 12.4. The van der Waals surface area contributed by atoms with Gasteiger partial charge in [-0.15, -0.1) is 0 Å². The Morgan fingerprint density at radius 3 is 3.00 bits per heavy atom. The average Bonchev–Trinajstić information content (AvgIpc) is 2.93. The molecule has 21 heavy (non-hydrogen) atoms. The van der Waals surface area contributed by atoms with Gasteiger partial charge in [0.15, 0.2) is 0 Å². The minimum Gasteiger partial charge on any atom is -0.380 e. The van der Waals surface area contributed by atoms with Gasteiger partial charge < -0.3 is 5.32 Å². The minimum atomic E-state index is -0.392. The summed E-state index contributed by atoms with van der Waals surface area (Å²) in [5.41, 5.74) is 2.78. The first-order valence-corrected chi connectivity index (χ1v) is 7.02. The zero-order valence-electron chi connectivity index (χ0n) is 10.8. The SMILES string of the molecule is O=[N+]([O-])c1cccc(CNc2cc(Br)cc3[nH]ncc23)c1. The quantitative estimate of drug-likeness (QED) is 0.555. The van der Waals surface area contributed by atoms with Gasteiger partial charge in [0.25, 0.3) is 5.69 Å². The summed E-state index contributed by atoms with van der Waals surface area (Å²) in [6, 6.07) is 10.5. The molecule has 0 spiro atoms. The van der Waals surface area contributed by atoms with Crippen molar-refractivity contribution >= 4 is 38.2 Å². The van der Waals surface area contributed by atoms with E-state index in [0.717, 1.165) is 26.6 Å². The molecular weight excluding hydrogens is 336 g/mol. The van der Waals surface area contributed by atoms with Crippen LogP contribution in [0.25, 0.3) is 10.9 Å². The van der Waals surface area contributed by atoms with E-state index in [1.54, 1.807) is 18.3 Å². The number of non-ortho nitro benzene ring substituents is 1. The normalized spacial score (nSPS) is 10.7. The Bertz CT molecular complexity index is 816. The van der Waals surface area contributed by atoms with Crippen molar-refractivity contribution in [3.05, 3.63) is 62.7 Å². The average molecular weight is 347 g/mol. The van der Waals surface area contributed by atoms with Crippen LogP contribution in [0.15, 0.2) is 47.1 Å². The van der Waals surface area contributed by atoms with Crippen LogP contribution in [-0.2, 0) is 6.54 Å². The Balaban J connectivity index is 1.85. The molecule has 0 fully saturated rings. The van der Waals surface area contributed by atoms with Crippen LogP contribution in [0.1, 0.15) is 5.56 Å². The molecule has 0 aliphatic rings. The van der Waals surface area contributed by atoms with Gasteiger partial charge in [0, 0.05) is 34.2 Å². The van der Waals surface area contributed by atoms with Crippen molar-refractivity contribution in [2.45, 2.75) is 6.54 Å². The highest BCUT2D eigenvalue weighted by Gasteiger charge is 2.07. The lowest BCUT2D eigenvalue weighted by atomic mass is 10.2. The van der Waals surface area contributed by atoms with Crippen LogP contribution in [-0.4, -0.2) is 15.1 Å². The fourth-order valence-electron chi connectivity index (χ4n) is 2.14. The molecule has 2 aromatic carbocycles. The topological polar surface area (TPSA) is 83.9 Å². The maximum atomic E-state index is 10.8. The number of rotatable bonds is 4. The van der Waals surface area contributed by atoms with Crippen LogP contribution in [0, 0.1) is 10.1 Å². The highest BCUT2D eigenvalue weighted by molar-refractivity contribution is 9.10. The number of aromatic amines is 1. The molecule has 0 bridgehead atoms. The number of benzene rings is 2. The number of nitro benzene ring substituents is 1. The van der Waals surface area contributed by atoms with E-state index in [2.05, 4.69) is 31.4 Å². The zero-order chi connectivity index (χ0) is 14.8. The predicted molar refractivity (Wildman–Crippen MR) is 84.2 cm³/mol. The summed E-state index contributed by atoms with van der Waals surface area (Å²) in [7, 11) is 0. The van der Waals surface area contributed by atoms with Crippen LogP contribution in [0.5, 0.6) is 0 Å². The molecule has 1 heterocycles. The summed E-state index contributed by atoms with van der Waals surface area (Å²) in [5, 5.41) is 22.0. The highest BCUT2D eigenvalue weighted by atomic mass is 79.9. The van der Waals surface area contributed by atoms with Gasteiger partial charge in [0.1, 0.15) is 0 Å². The van der Waals surface area contributed by atoms with E-state index in [4.69, 9.17) is 0 Å². The van der Waals surface area contributed by atoms with E-state index < -0.39 is 4.92 Å². The lowest BCUT2D eigenvalue weighted by Gasteiger charge is -2.08. The lowest BCUT2D eigenvalue weighted by molar-refractivity contribution is -0.384. The molecule has 0 amide bonds. The number of hydrogen-bond donors (Lipinski definition) is 2. The third-order valence-electron chi connectivity index (χ3n) is 3.13. The van der Waals surface area contributed by atoms with Gasteiger partial charge in [0.2, 0.25) is 0 Å². The number of fused-ring (bicyclic) bond motifs is 1. The van der Waals surface area contributed by atoms with Crippen molar-refractivity contribution in [2.24, 2.45) is 0 Å². The molecule has 6 nitrogen and oxygen atoms in total. The van der Waals surface area contributed by atoms with Gasteiger partial charge in [-0.1, -0.05) is 28.1 Å². The fourth-order valence-corrected chi connectivity index (χ4v) is 2.60. The predicted octanol–water partition coefficient (Wildman–Crippen LogP) is 3.85. The number of aromatic nitrogens is 2. The second-order valence-corrected chi connectivity index (χ2v) is 5.48. The number of nitrogens with one attached hydrogen (secondary N) is 2. The first kappa shape index (κ1) is 13.6. The molecule has 106 valence electrons. The molecule has 3 rings (SSSR count). The molecule has 0 aliphatic carbocycles. The smallest absolute Gasteiger partial charge is 0.269 e. The molecule has 1 aromatic heterocycles. The van der Waals surface area contributed by atoms with Crippen molar-refractivity contribution in [1.29, 1.82) is 0 Å². The van der Waals surface area contributed by atoms with E-state index in [-0.39, 0.29) is 5.69 Å². The van der Waals surface area contributed by atoms with Crippen LogP contribution in [0.3, 0.4) is 0 Å². The van der Waals surface area contributed by atoms with Gasteiger partial charge in [0.05, 0.1) is 16.6 Å². The van der Waals surface area contributed by atoms with Gasteiger partial charge in [-0.05, 0) is 17.7 Å². The maximum Gasteiger partial charge on any atom is 0.269 e. The second kappa shape index (κ2) is 5.53. The Kier molecular flexibility index (Phi) is 3.57. The maximum absolute atomic E-state index is 10.8. The van der Waals surface area contributed by atoms with E-state index in [9.17, 15) is 10.1 Å². The summed E-state index contributed by atoms with van der Waals surface area (Å²) in [6.45, 7) is 0.498. The third kappa shape index (κ3) is 2.87. The van der Waals surface area contributed by atoms with Gasteiger partial charge in [-0.25, -0.2) is 0 Å². The number of H-pyrrole nitrogens is 1. The van der Waals surface area contributed by atoms with Crippen molar-refractivity contribution in [3.63, 3.8) is 0 Å². The molecule has 0 atom stereocenters. The Labute approximate surface area is 128 Å². The number of hydrogen-bond acceptors (Lipinski definition) is 4. The third-order valence-corrected chi connectivity index (χ3v) is 3.59.